The molecule has 0 fully saturated rings. The number of fused-ring (bicyclic) bond motifs is 8. The van der Waals surface area contributed by atoms with Crippen molar-refractivity contribution in [1.82, 2.24) is 9.55 Å². The number of rotatable bonds is 1. The lowest BCUT2D eigenvalue weighted by atomic mass is 9.99. The van der Waals surface area contributed by atoms with Crippen LogP contribution in [-0.2, 0) is 7.05 Å². The Hall–Kier alpha value is -4.04. The number of para-hydroxylation sites is 1. The van der Waals surface area contributed by atoms with Crippen LogP contribution in [0.5, 0.6) is 0 Å². The SMILES string of the molecule is Cn1c2ccc(-c3ccc4c(c3)[nH]c3ccccc34)cc2c2c3ccccc3ccc21. The van der Waals surface area contributed by atoms with Gasteiger partial charge in [-0.15, -0.1) is 0 Å². The molecule has 2 heterocycles. The van der Waals surface area contributed by atoms with E-state index in [9.17, 15) is 0 Å². The van der Waals surface area contributed by atoms with Crippen LogP contribution in [0, 0.1) is 0 Å². The molecule has 0 aliphatic carbocycles. The average molecular weight is 396 g/mol. The van der Waals surface area contributed by atoms with Gasteiger partial charge in [0.1, 0.15) is 0 Å². The van der Waals surface area contributed by atoms with E-state index in [4.69, 9.17) is 0 Å². The number of hydrogen-bond donors (Lipinski definition) is 1. The van der Waals surface area contributed by atoms with Gasteiger partial charge in [-0.25, -0.2) is 0 Å². The van der Waals surface area contributed by atoms with Crippen LogP contribution in [0.3, 0.4) is 0 Å². The fraction of sp³-hybridized carbons (Fsp3) is 0.0345. The van der Waals surface area contributed by atoms with E-state index in [1.54, 1.807) is 0 Å². The van der Waals surface area contributed by atoms with Crippen molar-refractivity contribution >= 4 is 54.4 Å². The van der Waals surface area contributed by atoms with Crippen molar-refractivity contribution in [2.45, 2.75) is 0 Å². The van der Waals surface area contributed by atoms with Crippen LogP contribution in [0.1, 0.15) is 0 Å². The Balaban J connectivity index is 1.52. The van der Waals surface area contributed by atoms with Crippen molar-refractivity contribution in [3.8, 4) is 11.1 Å². The highest BCUT2D eigenvalue weighted by Crippen LogP contribution is 2.37. The lowest BCUT2D eigenvalue weighted by molar-refractivity contribution is 1.01. The maximum absolute atomic E-state index is 3.58. The molecule has 146 valence electrons. The van der Waals surface area contributed by atoms with Crippen LogP contribution >= 0.6 is 0 Å². The molecule has 2 aromatic heterocycles. The van der Waals surface area contributed by atoms with E-state index in [-0.39, 0.29) is 0 Å². The van der Waals surface area contributed by atoms with Crippen LogP contribution in [0.2, 0.25) is 0 Å². The summed E-state index contributed by atoms with van der Waals surface area (Å²) in [6.45, 7) is 0. The molecule has 0 aliphatic rings. The first-order valence-electron chi connectivity index (χ1n) is 10.7. The van der Waals surface area contributed by atoms with Gasteiger partial charge in [-0.3, -0.25) is 0 Å². The second-order valence-corrected chi connectivity index (χ2v) is 8.40. The molecule has 0 saturated heterocycles. The molecule has 0 amide bonds. The molecule has 0 bridgehead atoms. The zero-order chi connectivity index (χ0) is 20.5. The molecule has 0 unspecified atom stereocenters. The van der Waals surface area contributed by atoms with Gasteiger partial charge in [-0.05, 0) is 52.2 Å². The molecular weight excluding hydrogens is 376 g/mol. The number of hydrogen-bond acceptors (Lipinski definition) is 0. The topological polar surface area (TPSA) is 20.7 Å². The minimum absolute atomic E-state index is 1.18. The molecular formula is C29H20N2. The molecule has 0 aliphatic heterocycles. The molecule has 31 heavy (non-hydrogen) atoms. The first-order valence-corrected chi connectivity index (χ1v) is 10.7. The standard InChI is InChI=1S/C29H20N2/c1-31-27-14-12-19(16-24(27)29-21-7-3-2-6-18(21)11-15-28(29)31)20-10-13-23-22-8-4-5-9-25(22)30-26(23)17-20/h2-17,30H,1H3. The van der Waals surface area contributed by atoms with Gasteiger partial charge < -0.3 is 9.55 Å². The maximum Gasteiger partial charge on any atom is 0.0495 e. The number of nitrogens with one attached hydrogen (secondary N) is 1. The first kappa shape index (κ1) is 16.7. The van der Waals surface area contributed by atoms with Gasteiger partial charge >= 0.3 is 0 Å². The number of aromatic nitrogens is 2. The summed E-state index contributed by atoms with van der Waals surface area (Å²) < 4.78 is 2.31. The van der Waals surface area contributed by atoms with E-state index in [0.717, 1.165) is 0 Å². The maximum atomic E-state index is 3.58. The third-order valence-electron chi connectivity index (χ3n) is 6.74. The van der Waals surface area contributed by atoms with Crippen molar-refractivity contribution in [3.05, 3.63) is 97.1 Å². The largest absolute Gasteiger partial charge is 0.354 e. The van der Waals surface area contributed by atoms with Crippen LogP contribution in [0.15, 0.2) is 97.1 Å². The zero-order valence-corrected chi connectivity index (χ0v) is 17.2. The molecule has 7 rings (SSSR count). The predicted octanol–water partition coefficient (Wildman–Crippen LogP) is 7.79. The number of benzene rings is 5. The number of aryl methyl sites for hydroxylation is 1. The summed E-state index contributed by atoms with van der Waals surface area (Å²) in [5.74, 6) is 0. The van der Waals surface area contributed by atoms with Gasteiger partial charge in [-0.2, -0.15) is 0 Å². The van der Waals surface area contributed by atoms with Gasteiger partial charge in [0, 0.05) is 50.7 Å². The van der Waals surface area contributed by atoms with Crippen LogP contribution in [0.4, 0.5) is 0 Å². The van der Waals surface area contributed by atoms with E-state index in [2.05, 4.69) is 114 Å². The zero-order valence-electron chi connectivity index (χ0n) is 17.2. The first-order chi connectivity index (χ1) is 15.3. The van der Waals surface area contributed by atoms with E-state index in [1.165, 1.54) is 65.5 Å². The van der Waals surface area contributed by atoms with Crippen molar-refractivity contribution in [3.63, 3.8) is 0 Å². The number of nitrogens with zero attached hydrogens (tertiary/aromatic N) is 1. The van der Waals surface area contributed by atoms with Crippen molar-refractivity contribution in [1.29, 1.82) is 0 Å². The Bertz CT molecular complexity index is 1800. The molecule has 5 aromatic carbocycles. The highest BCUT2D eigenvalue weighted by atomic mass is 14.9. The second-order valence-electron chi connectivity index (χ2n) is 8.40. The Morgan fingerprint density at radius 3 is 2.19 bits per heavy atom. The third-order valence-corrected chi connectivity index (χ3v) is 6.74. The van der Waals surface area contributed by atoms with E-state index < -0.39 is 0 Å². The molecule has 0 spiro atoms. The minimum Gasteiger partial charge on any atom is -0.354 e. The summed E-state index contributed by atoms with van der Waals surface area (Å²) in [5, 5.41) is 7.80. The van der Waals surface area contributed by atoms with E-state index in [0.29, 0.717) is 0 Å². The highest BCUT2D eigenvalue weighted by molar-refractivity contribution is 6.21. The monoisotopic (exact) mass is 396 g/mol. The third kappa shape index (κ3) is 2.27. The molecule has 2 nitrogen and oxygen atoms in total. The van der Waals surface area contributed by atoms with Gasteiger partial charge in [0.25, 0.3) is 0 Å². The molecule has 0 saturated carbocycles. The molecule has 7 aromatic rings. The predicted molar refractivity (Wildman–Crippen MR) is 133 cm³/mol. The molecule has 1 N–H and O–H groups in total. The average Bonchev–Trinajstić information content (AvgIpc) is 3.33. The summed E-state index contributed by atoms with van der Waals surface area (Å²) in [6, 6.07) is 35.3. The van der Waals surface area contributed by atoms with E-state index >= 15 is 0 Å². The molecule has 0 radical (unpaired) electrons. The minimum atomic E-state index is 1.18. The van der Waals surface area contributed by atoms with Crippen molar-refractivity contribution < 1.29 is 0 Å². The lowest BCUT2D eigenvalue weighted by Gasteiger charge is -2.04. The van der Waals surface area contributed by atoms with Crippen molar-refractivity contribution in [2.75, 3.05) is 0 Å². The van der Waals surface area contributed by atoms with Crippen LogP contribution < -0.4 is 0 Å². The molecule has 2 heteroatoms. The summed E-state index contributed by atoms with van der Waals surface area (Å²) in [7, 11) is 2.16. The molecule has 0 atom stereocenters. The van der Waals surface area contributed by atoms with Gasteiger partial charge in [-0.1, -0.05) is 66.7 Å². The van der Waals surface area contributed by atoms with Gasteiger partial charge in [0.05, 0.1) is 0 Å². The summed E-state index contributed by atoms with van der Waals surface area (Å²) in [6.07, 6.45) is 0. The van der Waals surface area contributed by atoms with Gasteiger partial charge in [0.2, 0.25) is 0 Å². The highest BCUT2D eigenvalue weighted by Gasteiger charge is 2.13. The smallest absolute Gasteiger partial charge is 0.0495 e. The van der Waals surface area contributed by atoms with Gasteiger partial charge in [0.15, 0.2) is 0 Å². The summed E-state index contributed by atoms with van der Waals surface area (Å²) in [5.41, 5.74) is 7.39. The Kier molecular flexibility index (Phi) is 3.23. The lowest BCUT2D eigenvalue weighted by Crippen LogP contribution is -1.86. The Morgan fingerprint density at radius 2 is 1.26 bits per heavy atom. The normalized spacial score (nSPS) is 12.0. The fourth-order valence-corrected chi connectivity index (χ4v) is 5.19. The quantitative estimate of drug-likeness (QED) is 0.292. The number of aromatic amines is 1. The Labute approximate surface area is 179 Å². The second kappa shape index (κ2) is 5.99. The van der Waals surface area contributed by atoms with Crippen molar-refractivity contribution in [2.24, 2.45) is 7.05 Å². The van der Waals surface area contributed by atoms with Crippen LogP contribution in [-0.4, -0.2) is 9.55 Å². The fourth-order valence-electron chi connectivity index (χ4n) is 5.19. The van der Waals surface area contributed by atoms with Crippen LogP contribution in [0.25, 0.3) is 65.5 Å². The van der Waals surface area contributed by atoms with E-state index in [1.807, 2.05) is 0 Å². The number of H-pyrrole nitrogens is 1. The summed E-state index contributed by atoms with van der Waals surface area (Å²) >= 11 is 0. The summed E-state index contributed by atoms with van der Waals surface area (Å²) in [4.78, 5) is 3.58. The Morgan fingerprint density at radius 1 is 0.548 bits per heavy atom.